The first-order valence-corrected chi connectivity index (χ1v) is 22.1. The third-order valence-electron chi connectivity index (χ3n) is 13.2. The molecule has 0 saturated heterocycles. The SMILES string of the molecule is C=CCOC12Oc3ccc(Oc4ccc(C)c(C)c4)cc3C3C(CCCCO)C(CCCCO)C=C(C(=NOC)CC1N(CCOCCO)C(=O)CCC1CCCC1)C32. The molecule has 0 aromatic heterocycles. The number of nitrogens with zero attached hydrogens (tertiary/aromatic N) is 2. The zero-order chi connectivity index (χ0) is 41.8. The highest BCUT2D eigenvalue weighted by molar-refractivity contribution is 6.03. The average Bonchev–Trinajstić information content (AvgIpc) is 3.77. The van der Waals surface area contributed by atoms with Crippen molar-refractivity contribution in [3.8, 4) is 17.2 Å². The first kappa shape index (κ1) is 44.8. The van der Waals surface area contributed by atoms with Crippen LogP contribution in [0.3, 0.4) is 0 Å². The number of carbonyl (C=O) groups excluding carboxylic acids is 1. The molecule has 0 spiro atoms. The zero-order valence-electron chi connectivity index (χ0n) is 35.6. The molecule has 3 N–H and O–H groups in total. The zero-order valence-corrected chi connectivity index (χ0v) is 35.6. The Morgan fingerprint density at radius 1 is 0.949 bits per heavy atom. The van der Waals surface area contributed by atoms with Crippen molar-refractivity contribution in [2.24, 2.45) is 28.8 Å². The van der Waals surface area contributed by atoms with Gasteiger partial charge in [0, 0.05) is 44.1 Å². The van der Waals surface area contributed by atoms with Gasteiger partial charge in [-0.25, -0.2) is 0 Å². The quantitative estimate of drug-likeness (QED) is 0.0576. The molecule has 6 unspecified atom stereocenters. The van der Waals surface area contributed by atoms with Crippen molar-refractivity contribution < 1.29 is 43.9 Å². The Kier molecular flexibility index (Phi) is 16.5. The van der Waals surface area contributed by atoms with Gasteiger partial charge < -0.3 is 44.0 Å². The van der Waals surface area contributed by atoms with E-state index >= 15 is 0 Å². The van der Waals surface area contributed by atoms with Gasteiger partial charge in [0.2, 0.25) is 11.7 Å². The number of aryl methyl sites for hydroxylation is 2. The Balaban J connectivity index is 1.53. The number of rotatable bonds is 23. The molecule has 4 aliphatic rings. The van der Waals surface area contributed by atoms with Gasteiger partial charge in [0.15, 0.2) is 0 Å². The third-order valence-corrected chi connectivity index (χ3v) is 13.2. The van der Waals surface area contributed by atoms with Crippen molar-refractivity contribution in [3.63, 3.8) is 0 Å². The number of aliphatic hydroxyl groups is 3. The molecule has 2 aromatic rings. The van der Waals surface area contributed by atoms with Crippen LogP contribution in [0.4, 0.5) is 0 Å². The fraction of sp³-hybridized carbons (Fsp3) is 0.625. The normalized spacial score (nSPS) is 25.5. The molecule has 1 aliphatic heterocycles. The van der Waals surface area contributed by atoms with E-state index in [0.29, 0.717) is 43.1 Å². The molecule has 6 atom stereocenters. The molecule has 11 nitrogen and oxygen atoms in total. The lowest BCUT2D eigenvalue weighted by molar-refractivity contribution is -0.258. The van der Waals surface area contributed by atoms with E-state index in [1.54, 1.807) is 13.2 Å². The van der Waals surface area contributed by atoms with Crippen molar-refractivity contribution in [2.75, 3.05) is 53.3 Å². The molecule has 11 heteroatoms. The van der Waals surface area contributed by atoms with Crippen LogP contribution in [0.2, 0.25) is 0 Å². The van der Waals surface area contributed by atoms with E-state index in [1.165, 1.54) is 18.4 Å². The molecule has 6 rings (SSSR count). The molecular weight excluding hydrogens is 749 g/mol. The Bertz CT molecular complexity index is 1760. The molecule has 59 heavy (non-hydrogen) atoms. The number of hydrogen-bond acceptors (Lipinski definition) is 10. The molecule has 324 valence electrons. The summed E-state index contributed by atoms with van der Waals surface area (Å²) in [5, 5.41) is 34.1. The third kappa shape index (κ3) is 10.4. The number of fused-ring (bicyclic) bond motifs is 2. The van der Waals surface area contributed by atoms with Gasteiger partial charge in [-0.2, -0.15) is 0 Å². The van der Waals surface area contributed by atoms with Crippen LogP contribution in [-0.4, -0.2) is 97.0 Å². The van der Waals surface area contributed by atoms with Crippen LogP contribution in [0.1, 0.15) is 106 Å². The summed E-state index contributed by atoms with van der Waals surface area (Å²) < 4.78 is 26.9. The number of carbonyl (C=O) groups is 1. The maximum atomic E-state index is 14.8. The van der Waals surface area contributed by atoms with Crippen LogP contribution in [-0.2, 0) is 19.1 Å². The topological polar surface area (TPSA) is 140 Å². The standard InChI is InChI=1S/C48H68N2O9/c1-5-26-57-48-44(50(22-27-56-28-25-53)45(54)21-17-35-12-6-7-13-35)32-42(49-55-4)40-30-36(14-8-10-23-51)39(15-9-11-24-52)46(47(40)48)41-31-38(19-20-43(41)59-48)58-37-18-16-33(2)34(3)29-37/h5,16,18-20,29-31,35-36,39,44,46-47,51-53H,1,6-15,17,21-28,32H2,2-4H3. The van der Waals surface area contributed by atoms with Gasteiger partial charge >= 0.3 is 0 Å². The van der Waals surface area contributed by atoms with E-state index in [1.807, 2.05) is 23.1 Å². The van der Waals surface area contributed by atoms with Gasteiger partial charge in [0.1, 0.15) is 30.4 Å². The highest BCUT2D eigenvalue weighted by atomic mass is 16.7. The molecule has 1 heterocycles. The first-order valence-electron chi connectivity index (χ1n) is 22.1. The van der Waals surface area contributed by atoms with E-state index in [2.05, 4.69) is 44.7 Å². The summed E-state index contributed by atoms with van der Waals surface area (Å²) >= 11 is 0. The predicted octanol–water partition coefficient (Wildman–Crippen LogP) is 8.17. The number of aliphatic hydroxyl groups excluding tert-OH is 3. The largest absolute Gasteiger partial charge is 0.459 e. The molecular formula is C48H68N2O9. The van der Waals surface area contributed by atoms with E-state index in [-0.39, 0.29) is 69.8 Å². The number of allylic oxidation sites excluding steroid dienone is 1. The maximum Gasteiger partial charge on any atom is 0.239 e. The van der Waals surface area contributed by atoms with Crippen LogP contribution in [0, 0.1) is 37.5 Å². The number of ether oxygens (including phenoxy) is 4. The van der Waals surface area contributed by atoms with Gasteiger partial charge in [-0.1, -0.05) is 61.9 Å². The lowest BCUT2D eigenvalue weighted by Gasteiger charge is -2.60. The summed E-state index contributed by atoms with van der Waals surface area (Å²) in [4.78, 5) is 22.3. The van der Waals surface area contributed by atoms with Crippen molar-refractivity contribution in [2.45, 2.75) is 115 Å². The van der Waals surface area contributed by atoms with E-state index in [9.17, 15) is 20.1 Å². The minimum Gasteiger partial charge on any atom is -0.459 e. The van der Waals surface area contributed by atoms with Crippen LogP contribution >= 0.6 is 0 Å². The summed E-state index contributed by atoms with van der Waals surface area (Å²) in [7, 11) is 1.56. The van der Waals surface area contributed by atoms with Crippen molar-refractivity contribution in [3.05, 3.63) is 77.4 Å². The molecule has 0 bridgehead atoms. The second kappa shape index (κ2) is 21.7. The van der Waals surface area contributed by atoms with Crippen LogP contribution in [0.25, 0.3) is 0 Å². The van der Waals surface area contributed by atoms with E-state index < -0.39 is 17.7 Å². The first-order chi connectivity index (χ1) is 28.8. The maximum absolute atomic E-state index is 14.8. The van der Waals surface area contributed by atoms with Crippen molar-refractivity contribution >= 4 is 11.6 Å². The minimum absolute atomic E-state index is 0.0144. The van der Waals surface area contributed by atoms with Crippen molar-refractivity contribution in [1.82, 2.24) is 4.90 Å². The lowest BCUT2D eigenvalue weighted by Crippen LogP contribution is -2.70. The fourth-order valence-electron chi connectivity index (χ4n) is 10.3. The number of oxime groups is 1. The van der Waals surface area contributed by atoms with Crippen LogP contribution in [0.5, 0.6) is 17.2 Å². The Morgan fingerprint density at radius 3 is 2.41 bits per heavy atom. The predicted molar refractivity (Wildman–Crippen MR) is 229 cm³/mol. The lowest BCUT2D eigenvalue weighted by atomic mass is 9.55. The van der Waals surface area contributed by atoms with Crippen molar-refractivity contribution in [1.29, 1.82) is 0 Å². The fourth-order valence-corrected chi connectivity index (χ4v) is 10.3. The average molecular weight is 817 g/mol. The van der Waals surface area contributed by atoms with Crippen LogP contribution < -0.4 is 9.47 Å². The van der Waals surface area contributed by atoms with Gasteiger partial charge in [-0.3, -0.25) is 4.79 Å². The second-order valence-electron chi connectivity index (χ2n) is 16.9. The Labute approximate surface area is 351 Å². The van der Waals surface area contributed by atoms with E-state index in [4.69, 9.17) is 28.9 Å². The monoisotopic (exact) mass is 816 g/mol. The molecule has 2 saturated carbocycles. The second-order valence-corrected chi connectivity index (χ2v) is 16.9. The molecule has 1 amide bonds. The van der Waals surface area contributed by atoms with Gasteiger partial charge in [0.25, 0.3) is 0 Å². The van der Waals surface area contributed by atoms with Gasteiger partial charge in [0.05, 0.1) is 38.1 Å². The number of unbranched alkanes of at least 4 members (excludes halogenated alkanes) is 2. The highest BCUT2D eigenvalue weighted by Gasteiger charge is 2.65. The molecule has 2 aromatic carbocycles. The van der Waals surface area contributed by atoms with Gasteiger partial charge in [-0.05, 0) is 111 Å². The summed E-state index contributed by atoms with van der Waals surface area (Å²) in [6.07, 6.45) is 15.1. The summed E-state index contributed by atoms with van der Waals surface area (Å²) in [6, 6.07) is 11.5. The smallest absolute Gasteiger partial charge is 0.239 e. The molecule has 2 fully saturated rings. The highest BCUT2D eigenvalue weighted by Crippen LogP contribution is 2.62. The molecule has 0 radical (unpaired) electrons. The van der Waals surface area contributed by atoms with Gasteiger partial charge in [-0.15, -0.1) is 6.58 Å². The summed E-state index contributed by atoms with van der Waals surface area (Å²) in [5.74, 6) is 0.991. The number of benzene rings is 2. The Hall–Kier alpha value is -3.74. The number of hydrogen-bond donors (Lipinski definition) is 3. The minimum atomic E-state index is -1.34. The van der Waals surface area contributed by atoms with E-state index in [0.717, 1.165) is 73.1 Å². The summed E-state index contributed by atoms with van der Waals surface area (Å²) in [5.41, 5.74) is 5.09. The Morgan fingerprint density at radius 2 is 1.69 bits per heavy atom. The molecule has 3 aliphatic carbocycles. The summed E-state index contributed by atoms with van der Waals surface area (Å²) in [6.45, 7) is 9.22. The number of amides is 1. The van der Waals surface area contributed by atoms with Crippen LogP contribution in [0.15, 0.2) is 65.9 Å².